The summed E-state index contributed by atoms with van der Waals surface area (Å²) in [6.07, 6.45) is 3.94. The Kier molecular flexibility index (Phi) is 2.49. The number of benzene rings is 1. The average Bonchev–Trinajstić information content (AvgIpc) is 2.84. The molecule has 0 bridgehead atoms. The van der Waals surface area contributed by atoms with E-state index in [1.165, 1.54) is 35.3 Å². The fourth-order valence-corrected chi connectivity index (χ4v) is 4.38. The Morgan fingerprint density at radius 3 is 3.20 bits per heavy atom. The molecule has 0 aliphatic heterocycles. The smallest absolute Gasteiger partial charge is 0.0388 e. The molecule has 0 fully saturated rings. The minimum atomic E-state index is 1.17. The van der Waals surface area contributed by atoms with Crippen molar-refractivity contribution >= 4 is 33.2 Å². The lowest BCUT2D eigenvalue weighted by Gasteiger charge is -2.06. The molecule has 0 saturated carbocycles. The summed E-state index contributed by atoms with van der Waals surface area (Å²) in [6.45, 7) is 2.23. The molecule has 0 spiro atoms. The molecule has 0 atom stereocenters. The summed E-state index contributed by atoms with van der Waals surface area (Å²) in [5, 5.41) is 3.73. The van der Waals surface area contributed by atoms with Gasteiger partial charge < -0.3 is 0 Å². The first-order valence-electron chi connectivity index (χ1n) is 5.55. The van der Waals surface area contributed by atoms with Crippen LogP contribution in [0.15, 0.2) is 22.4 Å². The van der Waals surface area contributed by atoms with Gasteiger partial charge in [-0.3, -0.25) is 0 Å². The third-order valence-corrected chi connectivity index (χ3v) is 4.98. The molecule has 0 nitrogen and oxygen atoms in total. The van der Waals surface area contributed by atoms with Gasteiger partial charge in [-0.15, -0.1) is 23.1 Å². The van der Waals surface area contributed by atoms with Crippen LogP contribution in [-0.4, -0.2) is 5.75 Å². The van der Waals surface area contributed by atoms with Gasteiger partial charge in [0.25, 0.3) is 0 Å². The lowest BCUT2D eigenvalue weighted by atomic mass is 10.1. The molecule has 15 heavy (non-hydrogen) atoms. The van der Waals surface area contributed by atoms with Crippen molar-refractivity contribution in [1.29, 1.82) is 0 Å². The molecule has 1 aromatic carbocycles. The predicted molar refractivity (Wildman–Crippen MR) is 70.2 cm³/mol. The molecular weight excluding hydrogens is 220 g/mol. The quantitative estimate of drug-likeness (QED) is 0.689. The Labute approximate surface area is 98.7 Å². The Balaban J connectivity index is 2.28. The lowest BCUT2D eigenvalue weighted by molar-refractivity contribution is 0.913. The topological polar surface area (TPSA) is 0 Å². The third kappa shape index (κ3) is 1.51. The van der Waals surface area contributed by atoms with Crippen molar-refractivity contribution in [3.8, 4) is 0 Å². The summed E-state index contributed by atoms with van der Waals surface area (Å²) in [6, 6.07) is 4.72. The van der Waals surface area contributed by atoms with Crippen molar-refractivity contribution in [2.75, 3.05) is 5.75 Å². The van der Waals surface area contributed by atoms with Crippen LogP contribution < -0.4 is 0 Å². The zero-order valence-corrected chi connectivity index (χ0v) is 10.5. The van der Waals surface area contributed by atoms with Crippen molar-refractivity contribution in [2.45, 2.75) is 31.1 Å². The van der Waals surface area contributed by atoms with E-state index < -0.39 is 0 Å². The fraction of sp³-hybridized carbons (Fsp3) is 0.385. The lowest BCUT2D eigenvalue weighted by Crippen LogP contribution is -1.85. The maximum absolute atomic E-state index is 2.44. The number of thiophene rings is 1. The molecule has 0 amide bonds. The second-order valence-corrected chi connectivity index (χ2v) is 6.18. The number of rotatable bonds is 2. The molecule has 1 aliphatic rings. The Hall–Kier alpha value is -0.470. The zero-order valence-electron chi connectivity index (χ0n) is 8.88. The number of hydrogen-bond donors (Lipinski definition) is 0. The highest BCUT2D eigenvalue weighted by Gasteiger charge is 2.17. The molecule has 1 aliphatic carbocycles. The molecule has 0 unspecified atom stereocenters. The highest BCUT2D eigenvalue weighted by atomic mass is 32.2. The summed E-state index contributed by atoms with van der Waals surface area (Å²) in [4.78, 5) is 1.49. The van der Waals surface area contributed by atoms with Crippen molar-refractivity contribution in [1.82, 2.24) is 0 Å². The van der Waals surface area contributed by atoms with Gasteiger partial charge in [-0.25, -0.2) is 0 Å². The van der Waals surface area contributed by atoms with Crippen LogP contribution in [0.4, 0.5) is 0 Å². The first-order valence-corrected chi connectivity index (χ1v) is 7.41. The fourth-order valence-electron chi connectivity index (χ4n) is 2.43. The zero-order chi connectivity index (χ0) is 10.3. The SMILES string of the molecule is CCSc1cc2c(c3sccc13)CCC2. The molecule has 2 aromatic rings. The van der Waals surface area contributed by atoms with E-state index in [2.05, 4.69) is 24.4 Å². The van der Waals surface area contributed by atoms with Gasteiger partial charge in [-0.1, -0.05) is 6.92 Å². The van der Waals surface area contributed by atoms with Crippen LogP contribution in [0, 0.1) is 0 Å². The molecule has 0 radical (unpaired) electrons. The van der Waals surface area contributed by atoms with E-state index in [0.717, 1.165) is 0 Å². The van der Waals surface area contributed by atoms with Gasteiger partial charge in [0.05, 0.1) is 0 Å². The molecule has 0 saturated heterocycles. The van der Waals surface area contributed by atoms with Gasteiger partial charge in [-0.2, -0.15) is 0 Å². The molecule has 2 heteroatoms. The largest absolute Gasteiger partial charge is 0.143 e. The van der Waals surface area contributed by atoms with E-state index in [1.54, 1.807) is 15.8 Å². The normalized spacial score (nSPS) is 14.7. The maximum atomic E-state index is 2.44. The van der Waals surface area contributed by atoms with E-state index in [4.69, 9.17) is 0 Å². The van der Waals surface area contributed by atoms with Crippen LogP contribution in [0.1, 0.15) is 24.5 Å². The number of hydrogen-bond acceptors (Lipinski definition) is 2. The molecule has 1 heterocycles. The van der Waals surface area contributed by atoms with Crippen molar-refractivity contribution in [3.05, 3.63) is 28.6 Å². The van der Waals surface area contributed by atoms with Crippen LogP contribution in [-0.2, 0) is 12.8 Å². The van der Waals surface area contributed by atoms with Gasteiger partial charge >= 0.3 is 0 Å². The summed E-state index contributed by atoms with van der Waals surface area (Å²) < 4.78 is 1.56. The van der Waals surface area contributed by atoms with Crippen molar-refractivity contribution in [3.63, 3.8) is 0 Å². The Morgan fingerprint density at radius 2 is 2.33 bits per heavy atom. The monoisotopic (exact) mass is 234 g/mol. The summed E-state index contributed by atoms with van der Waals surface area (Å²) in [5.41, 5.74) is 3.25. The Morgan fingerprint density at radius 1 is 1.40 bits per heavy atom. The molecule has 0 N–H and O–H groups in total. The van der Waals surface area contributed by atoms with E-state index in [0.29, 0.717) is 0 Å². The van der Waals surface area contributed by atoms with Gasteiger partial charge in [-0.05, 0) is 53.7 Å². The minimum absolute atomic E-state index is 1.17. The molecule has 1 aromatic heterocycles. The average molecular weight is 234 g/mol. The number of aryl methyl sites for hydroxylation is 2. The van der Waals surface area contributed by atoms with Crippen molar-refractivity contribution < 1.29 is 0 Å². The van der Waals surface area contributed by atoms with Crippen LogP contribution in [0.3, 0.4) is 0 Å². The van der Waals surface area contributed by atoms with Gasteiger partial charge in [0, 0.05) is 15.0 Å². The van der Waals surface area contributed by atoms with E-state index in [1.807, 2.05) is 23.1 Å². The number of fused-ring (bicyclic) bond motifs is 3. The summed E-state index contributed by atoms with van der Waals surface area (Å²) in [7, 11) is 0. The standard InChI is InChI=1S/C13H14S2/c1-2-14-12-8-9-4-3-5-10(9)13-11(12)6-7-15-13/h6-8H,2-5H2,1H3. The van der Waals surface area contributed by atoms with Crippen LogP contribution >= 0.6 is 23.1 Å². The second-order valence-electron chi connectivity index (χ2n) is 3.96. The van der Waals surface area contributed by atoms with Gasteiger partial charge in [0.15, 0.2) is 0 Å². The summed E-state index contributed by atoms with van der Waals surface area (Å²) in [5.74, 6) is 1.17. The van der Waals surface area contributed by atoms with Gasteiger partial charge in [0.2, 0.25) is 0 Å². The molecule has 78 valence electrons. The molecule has 3 rings (SSSR count). The van der Waals surface area contributed by atoms with Crippen LogP contribution in [0.5, 0.6) is 0 Å². The highest BCUT2D eigenvalue weighted by Crippen LogP contribution is 2.39. The highest BCUT2D eigenvalue weighted by molar-refractivity contribution is 7.99. The van der Waals surface area contributed by atoms with Gasteiger partial charge in [0.1, 0.15) is 0 Å². The number of thioether (sulfide) groups is 1. The van der Waals surface area contributed by atoms with E-state index >= 15 is 0 Å². The minimum Gasteiger partial charge on any atom is -0.143 e. The van der Waals surface area contributed by atoms with E-state index in [-0.39, 0.29) is 0 Å². The van der Waals surface area contributed by atoms with Crippen LogP contribution in [0.25, 0.3) is 10.1 Å². The first kappa shape index (κ1) is 9.73. The van der Waals surface area contributed by atoms with Crippen LogP contribution in [0.2, 0.25) is 0 Å². The van der Waals surface area contributed by atoms with Crippen molar-refractivity contribution in [2.24, 2.45) is 0 Å². The third-order valence-electron chi connectivity index (χ3n) is 3.07. The summed E-state index contributed by atoms with van der Waals surface area (Å²) >= 11 is 3.90. The predicted octanol–water partition coefficient (Wildman–Crippen LogP) is 4.50. The second kappa shape index (κ2) is 3.84. The maximum Gasteiger partial charge on any atom is 0.0388 e. The Bertz CT molecular complexity index is 496. The van der Waals surface area contributed by atoms with E-state index in [9.17, 15) is 0 Å². The molecular formula is C13H14S2. The first-order chi connectivity index (χ1) is 7.40.